The summed E-state index contributed by atoms with van der Waals surface area (Å²) in [5.41, 5.74) is 2.65. The first-order valence-corrected chi connectivity index (χ1v) is 8.07. The third kappa shape index (κ3) is 3.12. The van der Waals surface area contributed by atoms with Crippen molar-refractivity contribution in [3.05, 3.63) is 84.8 Å². The van der Waals surface area contributed by atoms with Gasteiger partial charge in [0.05, 0.1) is 0 Å². The number of amides is 2. The van der Waals surface area contributed by atoms with Crippen LogP contribution in [0.15, 0.2) is 79.0 Å². The molecule has 0 aliphatic heterocycles. The molecular weight excluding hydrogens is 331 g/mol. The Bertz CT molecular complexity index is 1060. The number of nitrogens with one attached hydrogen (secondary N) is 2. The maximum atomic E-state index is 13.3. The van der Waals surface area contributed by atoms with E-state index in [2.05, 4.69) is 15.6 Å². The summed E-state index contributed by atoms with van der Waals surface area (Å²) in [6.07, 6.45) is 1.81. The summed E-state index contributed by atoms with van der Waals surface area (Å²) in [4.78, 5) is 17.0. The summed E-state index contributed by atoms with van der Waals surface area (Å²) in [5, 5.41) is 5.63. The number of imidazole rings is 1. The molecule has 0 aliphatic rings. The van der Waals surface area contributed by atoms with Crippen molar-refractivity contribution in [3.8, 4) is 11.3 Å². The Morgan fingerprint density at radius 1 is 0.885 bits per heavy atom. The molecule has 2 aromatic carbocycles. The number of fused-ring (bicyclic) bond motifs is 1. The van der Waals surface area contributed by atoms with E-state index in [9.17, 15) is 9.18 Å². The molecule has 0 fully saturated rings. The highest BCUT2D eigenvalue weighted by Crippen LogP contribution is 2.29. The normalized spacial score (nSPS) is 10.7. The van der Waals surface area contributed by atoms with Crippen molar-refractivity contribution < 1.29 is 9.18 Å². The van der Waals surface area contributed by atoms with Crippen LogP contribution in [0.2, 0.25) is 0 Å². The molecule has 0 bridgehead atoms. The number of halogens is 1. The van der Waals surface area contributed by atoms with Crippen LogP contribution in [0, 0.1) is 5.82 Å². The van der Waals surface area contributed by atoms with Gasteiger partial charge in [-0.2, -0.15) is 0 Å². The molecule has 0 atom stereocenters. The predicted octanol–water partition coefficient (Wildman–Crippen LogP) is 4.78. The molecule has 6 heteroatoms. The molecule has 0 saturated carbocycles. The minimum Gasteiger partial charge on any atom is -0.308 e. The molecule has 2 N–H and O–H groups in total. The van der Waals surface area contributed by atoms with Gasteiger partial charge in [-0.3, -0.25) is 9.72 Å². The van der Waals surface area contributed by atoms with E-state index in [4.69, 9.17) is 0 Å². The zero-order valence-corrected chi connectivity index (χ0v) is 13.7. The van der Waals surface area contributed by atoms with Gasteiger partial charge in [-0.1, -0.05) is 24.3 Å². The Kier molecular flexibility index (Phi) is 4.07. The zero-order chi connectivity index (χ0) is 17.9. The summed E-state index contributed by atoms with van der Waals surface area (Å²) >= 11 is 0. The van der Waals surface area contributed by atoms with Crippen LogP contribution in [0.1, 0.15) is 0 Å². The maximum absolute atomic E-state index is 13.3. The van der Waals surface area contributed by atoms with E-state index in [1.807, 2.05) is 42.6 Å². The van der Waals surface area contributed by atoms with Crippen molar-refractivity contribution in [2.45, 2.75) is 0 Å². The van der Waals surface area contributed by atoms with Gasteiger partial charge in [0.15, 0.2) is 0 Å². The second-order valence-electron chi connectivity index (χ2n) is 5.69. The molecule has 5 nitrogen and oxygen atoms in total. The smallest absolute Gasteiger partial charge is 0.308 e. The molecule has 4 rings (SSSR count). The molecule has 0 radical (unpaired) electrons. The van der Waals surface area contributed by atoms with Gasteiger partial charge in [0.1, 0.15) is 23.0 Å². The molecule has 2 aromatic heterocycles. The van der Waals surface area contributed by atoms with E-state index in [0.717, 1.165) is 0 Å². The number of hydrogen-bond donors (Lipinski definition) is 2. The molecule has 0 unspecified atom stereocenters. The Labute approximate surface area is 149 Å². The summed E-state index contributed by atoms with van der Waals surface area (Å²) in [6.45, 7) is 0. The Morgan fingerprint density at radius 2 is 1.62 bits per heavy atom. The molecule has 2 amide bonds. The van der Waals surface area contributed by atoms with E-state index in [1.165, 1.54) is 12.1 Å². The average molecular weight is 346 g/mol. The van der Waals surface area contributed by atoms with Crippen LogP contribution in [-0.2, 0) is 0 Å². The lowest BCUT2D eigenvalue weighted by Crippen LogP contribution is -2.20. The SMILES string of the molecule is O=C(Nc1ccccc1)Nc1c(-c2ccc(F)cc2)nc2ccccn12. The molecule has 2 heterocycles. The molecule has 4 aromatic rings. The number of hydrogen-bond acceptors (Lipinski definition) is 2. The van der Waals surface area contributed by atoms with Gasteiger partial charge in [0.25, 0.3) is 0 Å². The van der Waals surface area contributed by atoms with Crippen LogP contribution in [0.3, 0.4) is 0 Å². The third-order valence-electron chi connectivity index (χ3n) is 3.91. The fourth-order valence-corrected chi connectivity index (χ4v) is 2.72. The largest absolute Gasteiger partial charge is 0.324 e. The molecule has 0 aliphatic carbocycles. The van der Waals surface area contributed by atoms with Crippen molar-refractivity contribution >= 4 is 23.2 Å². The van der Waals surface area contributed by atoms with E-state index in [0.29, 0.717) is 28.4 Å². The fourth-order valence-electron chi connectivity index (χ4n) is 2.72. The fraction of sp³-hybridized carbons (Fsp3) is 0. The van der Waals surface area contributed by atoms with Gasteiger partial charge in [0, 0.05) is 17.4 Å². The highest BCUT2D eigenvalue weighted by atomic mass is 19.1. The van der Waals surface area contributed by atoms with E-state index in [1.54, 1.807) is 28.7 Å². The first kappa shape index (κ1) is 15.8. The lowest BCUT2D eigenvalue weighted by molar-refractivity contribution is 0.262. The second kappa shape index (κ2) is 6.68. The van der Waals surface area contributed by atoms with Gasteiger partial charge in [-0.25, -0.2) is 14.2 Å². The number of para-hydroxylation sites is 1. The van der Waals surface area contributed by atoms with Gasteiger partial charge in [0.2, 0.25) is 0 Å². The molecule has 0 saturated heterocycles. The summed E-state index contributed by atoms with van der Waals surface area (Å²) in [7, 11) is 0. The average Bonchev–Trinajstić information content (AvgIpc) is 3.02. The monoisotopic (exact) mass is 346 g/mol. The number of aromatic nitrogens is 2. The number of pyridine rings is 1. The van der Waals surface area contributed by atoms with Gasteiger partial charge in [-0.15, -0.1) is 0 Å². The van der Waals surface area contributed by atoms with E-state index < -0.39 is 0 Å². The van der Waals surface area contributed by atoms with Crippen molar-refractivity contribution in [2.24, 2.45) is 0 Å². The third-order valence-corrected chi connectivity index (χ3v) is 3.91. The molecule has 128 valence electrons. The van der Waals surface area contributed by atoms with Crippen molar-refractivity contribution in [3.63, 3.8) is 0 Å². The Morgan fingerprint density at radius 3 is 2.38 bits per heavy atom. The van der Waals surface area contributed by atoms with Crippen LogP contribution in [0.25, 0.3) is 16.9 Å². The first-order chi connectivity index (χ1) is 12.7. The quantitative estimate of drug-likeness (QED) is 0.561. The standard InChI is InChI=1S/C20H15FN4O/c21-15-11-9-14(10-12-15)18-19(25-13-5-4-8-17(25)23-18)24-20(26)22-16-6-2-1-3-7-16/h1-13H,(H2,22,24,26). The first-order valence-electron chi connectivity index (χ1n) is 8.07. The number of rotatable bonds is 3. The highest BCUT2D eigenvalue weighted by Gasteiger charge is 2.16. The number of benzene rings is 2. The van der Waals surface area contributed by atoms with Gasteiger partial charge in [-0.05, 0) is 48.5 Å². The Balaban J connectivity index is 1.72. The molecule has 0 spiro atoms. The van der Waals surface area contributed by atoms with Gasteiger partial charge >= 0.3 is 6.03 Å². The second-order valence-corrected chi connectivity index (χ2v) is 5.69. The number of carbonyl (C=O) groups is 1. The number of nitrogens with zero attached hydrogens (tertiary/aromatic N) is 2. The highest BCUT2D eigenvalue weighted by molar-refractivity contribution is 6.01. The summed E-state index contributed by atoms with van der Waals surface area (Å²) in [5.74, 6) is 0.189. The van der Waals surface area contributed by atoms with Crippen LogP contribution in [0.5, 0.6) is 0 Å². The lowest BCUT2D eigenvalue weighted by Gasteiger charge is -2.09. The Hall–Kier alpha value is -3.67. The van der Waals surface area contributed by atoms with Crippen molar-refractivity contribution in [1.82, 2.24) is 9.38 Å². The summed E-state index contributed by atoms with van der Waals surface area (Å²) in [6, 6.07) is 20.3. The predicted molar refractivity (Wildman–Crippen MR) is 99.7 cm³/mol. The minimum atomic E-state index is -0.384. The van der Waals surface area contributed by atoms with Crippen molar-refractivity contribution in [2.75, 3.05) is 10.6 Å². The van der Waals surface area contributed by atoms with Crippen LogP contribution in [0.4, 0.5) is 20.7 Å². The topological polar surface area (TPSA) is 58.4 Å². The number of urea groups is 1. The number of carbonyl (C=O) groups excluding carboxylic acids is 1. The van der Waals surface area contributed by atoms with E-state index in [-0.39, 0.29) is 11.8 Å². The lowest BCUT2D eigenvalue weighted by atomic mass is 10.1. The summed E-state index contributed by atoms with van der Waals surface area (Å²) < 4.78 is 15.0. The van der Waals surface area contributed by atoms with Crippen LogP contribution >= 0.6 is 0 Å². The minimum absolute atomic E-state index is 0.325. The van der Waals surface area contributed by atoms with Crippen molar-refractivity contribution in [1.29, 1.82) is 0 Å². The molecular formula is C20H15FN4O. The van der Waals surface area contributed by atoms with E-state index >= 15 is 0 Å². The number of anilines is 2. The van der Waals surface area contributed by atoms with Gasteiger partial charge < -0.3 is 5.32 Å². The van der Waals surface area contributed by atoms with Crippen LogP contribution in [-0.4, -0.2) is 15.4 Å². The molecule has 26 heavy (non-hydrogen) atoms. The zero-order valence-electron chi connectivity index (χ0n) is 13.7. The maximum Gasteiger partial charge on any atom is 0.324 e. The van der Waals surface area contributed by atoms with Crippen LogP contribution < -0.4 is 10.6 Å².